The minimum Gasteiger partial charge on any atom is -0.378 e. The van der Waals surface area contributed by atoms with Crippen LogP contribution in [0.3, 0.4) is 0 Å². The van der Waals surface area contributed by atoms with Gasteiger partial charge in [-0.2, -0.15) is 0 Å². The van der Waals surface area contributed by atoms with Crippen molar-refractivity contribution in [2.45, 2.75) is 32.3 Å². The standard InChI is InChI=1S/C17H26N2O3/c1-3-19(2)16-9-5-4-8-15(16)18-17(20)10-12-21-13-14-7-6-11-22-14/h4-5,8-9,14H,3,6-7,10-13H2,1-2H3,(H,18,20)/t14-/m0/s1. The fraction of sp³-hybridized carbons (Fsp3) is 0.588. The lowest BCUT2D eigenvalue weighted by Gasteiger charge is -2.20. The predicted octanol–water partition coefficient (Wildman–Crippen LogP) is 2.67. The Kier molecular flexibility index (Phi) is 6.68. The number of carbonyl (C=O) groups is 1. The maximum atomic E-state index is 12.0. The first-order valence-corrected chi connectivity index (χ1v) is 8.00. The summed E-state index contributed by atoms with van der Waals surface area (Å²) in [5, 5.41) is 2.96. The molecule has 0 aliphatic carbocycles. The first-order valence-electron chi connectivity index (χ1n) is 8.00. The number of hydrogen-bond acceptors (Lipinski definition) is 4. The monoisotopic (exact) mass is 306 g/mol. The van der Waals surface area contributed by atoms with Gasteiger partial charge < -0.3 is 19.7 Å². The maximum absolute atomic E-state index is 12.0. The lowest BCUT2D eigenvalue weighted by molar-refractivity contribution is -0.117. The van der Waals surface area contributed by atoms with E-state index >= 15 is 0 Å². The van der Waals surface area contributed by atoms with Gasteiger partial charge in [0.1, 0.15) is 0 Å². The summed E-state index contributed by atoms with van der Waals surface area (Å²) in [5.74, 6) is -0.0238. The molecule has 1 aliphatic heterocycles. The second kappa shape index (κ2) is 8.76. The number of benzene rings is 1. The highest BCUT2D eigenvalue weighted by atomic mass is 16.5. The van der Waals surface area contributed by atoms with Gasteiger partial charge in [0.2, 0.25) is 5.91 Å². The van der Waals surface area contributed by atoms with Crippen LogP contribution in [0.15, 0.2) is 24.3 Å². The molecule has 1 heterocycles. The van der Waals surface area contributed by atoms with E-state index in [-0.39, 0.29) is 12.0 Å². The average Bonchev–Trinajstić information content (AvgIpc) is 3.05. The molecule has 1 amide bonds. The highest BCUT2D eigenvalue weighted by Gasteiger charge is 2.15. The van der Waals surface area contributed by atoms with Gasteiger partial charge in [0.25, 0.3) is 0 Å². The van der Waals surface area contributed by atoms with E-state index in [1.165, 1.54) is 0 Å². The van der Waals surface area contributed by atoms with Crippen molar-refractivity contribution in [2.24, 2.45) is 0 Å². The van der Waals surface area contributed by atoms with Crippen molar-refractivity contribution in [1.82, 2.24) is 0 Å². The highest BCUT2D eigenvalue weighted by Crippen LogP contribution is 2.24. The zero-order chi connectivity index (χ0) is 15.8. The van der Waals surface area contributed by atoms with E-state index in [9.17, 15) is 4.79 Å². The van der Waals surface area contributed by atoms with Crippen LogP contribution in [0.5, 0.6) is 0 Å². The predicted molar refractivity (Wildman–Crippen MR) is 88.4 cm³/mol. The van der Waals surface area contributed by atoms with Crippen LogP contribution in [0.2, 0.25) is 0 Å². The molecule has 22 heavy (non-hydrogen) atoms. The van der Waals surface area contributed by atoms with E-state index in [1.54, 1.807) is 0 Å². The molecule has 1 aromatic rings. The summed E-state index contributed by atoms with van der Waals surface area (Å²) in [5.41, 5.74) is 1.87. The third kappa shape index (κ3) is 5.00. The molecule has 1 aromatic carbocycles. The van der Waals surface area contributed by atoms with Crippen molar-refractivity contribution in [2.75, 3.05) is 43.6 Å². The molecule has 0 unspecified atom stereocenters. The van der Waals surface area contributed by atoms with Crippen LogP contribution >= 0.6 is 0 Å². The molecular formula is C17H26N2O3. The van der Waals surface area contributed by atoms with Gasteiger partial charge in [-0.1, -0.05) is 12.1 Å². The van der Waals surface area contributed by atoms with Gasteiger partial charge in [-0.15, -0.1) is 0 Å². The average molecular weight is 306 g/mol. The first kappa shape index (κ1) is 16.8. The number of nitrogens with one attached hydrogen (secondary N) is 1. The van der Waals surface area contributed by atoms with Gasteiger partial charge in [-0.3, -0.25) is 4.79 Å². The van der Waals surface area contributed by atoms with E-state index in [0.29, 0.717) is 19.6 Å². The van der Waals surface area contributed by atoms with Crippen LogP contribution < -0.4 is 10.2 Å². The summed E-state index contributed by atoms with van der Waals surface area (Å²) in [4.78, 5) is 14.1. The molecule has 0 bridgehead atoms. The Morgan fingerprint density at radius 1 is 1.45 bits per heavy atom. The molecule has 0 radical (unpaired) electrons. The zero-order valence-electron chi connectivity index (χ0n) is 13.5. The normalized spacial score (nSPS) is 17.5. The molecule has 1 N–H and O–H groups in total. The number of nitrogens with zero attached hydrogens (tertiary/aromatic N) is 1. The van der Waals surface area contributed by atoms with Crippen LogP contribution in [0.4, 0.5) is 11.4 Å². The molecule has 1 atom stereocenters. The lowest BCUT2D eigenvalue weighted by Crippen LogP contribution is -2.21. The Labute approximate surface area is 132 Å². The molecule has 1 aliphatic rings. The van der Waals surface area contributed by atoms with Crippen LogP contribution in [0.25, 0.3) is 0 Å². The van der Waals surface area contributed by atoms with Gasteiger partial charge in [0.15, 0.2) is 0 Å². The van der Waals surface area contributed by atoms with Crippen LogP contribution in [0.1, 0.15) is 26.2 Å². The second-order valence-corrected chi connectivity index (χ2v) is 5.54. The fourth-order valence-corrected chi connectivity index (χ4v) is 2.45. The second-order valence-electron chi connectivity index (χ2n) is 5.54. The molecular weight excluding hydrogens is 280 g/mol. The smallest absolute Gasteiger partial charge is 0.226 e. The van der Waals surface area contributed by atoms with Crippen LogP contribution in [-0.4, -0.2) is 45.4 Å². The fourth-order valence-electron chi connectivity index (χ4n) is 2.45. The van der Waals surface area contributed by atoms with Crippen molar-refractivity contribution < 1.29 is 14.3 Å². The minimum absolute atomic E-state index is 0.0238. The van der Waals surface area contributed by atoms with Crippen molar-refractivity contribution in [1.29, 1.82) is 0 Å². The summed E-state index contributed by atoms with van der Waals surface area (Å²) in [6.07, 6.45) is 2.73. The topological polar surface area (TPSA) is 50.8 Å². The Hall–Kier alpha value is -1.59. The highest BCUT2D eigenvalue weighted by molar-refractivity contribution is 5.94. The van der Waals surface area contributed by atoms with Crippen LogP contribution in [-0.2, 0) is 14.3 Å². The van der Waals surface area contributed by atoms with Gasteiger partial charge in [0, 0.05) is 20.2 Å². The van der Waals surface area contributed by atoms with Crippen molar-refractivity contribution >= 4 is 17.3 Å². The number of anilines is 2. The zero-order valence-corrected chi connectivity index (χ0v) is 13.5. The molecule has 0 spiro atoms. The van der Waals surface area contributed by atoms with E-state index in [4.69, 9.17) is 9.47 Å². The van der Waals surface area contributed by atoms with E-state index in [2.05, 4.69) is 17.1 Å². The Morgan fingerprint density at radius 3 is 3.00 bits per heavy atom. The summed E-state index contributed by atoms with van der Waals surface area (Å²) in [7, 11) is 2.01. The van der Waals surface area contributed by atoms with Crippen molar-refractivity contribution in [3.8, 4) is 0 Å². The molecule has 5 heteroatoms. The number of carbonyl (C=O) groups excluding carboxylic acids is 1. The number of hydrogen-bond donors (Lipinski definition) is 1. The molecule has 5 nitrogen and oxygen atoms in total. The molecule has 122 valence electrons. The summed E-state index contributed by atoms with van der Waals surface area (Å²) in [6, 6.07) is 7.83. The van der Waals surface area contributed by atoms with Gasteiger partial charge in [-0.05, 0) is 31.9 Å². The number of para-hydroxylation sites is 2. The first-order chi connectivity index (χ1) is 10.7. The molecule has 0 aromatic heterocycles. The quantitative estimate of drug-likeness (QED) is 0.750. The summed E-state index contributed by atoms with van der Waals surface area (Å²) < 4.78 is 11.0. The van der Waals surface area contributed by atoms with Gasteiger partial charge in [0.05, 0.1) is 37.1 Å². The minimum atomic E-state index is -0.0238. The third-order valence-corrected chi connectivity index (χ3v) is 3.86. The number of rotatable bonds is 8. The van der Waals surface area contributed by atoms with E-state index in [1.807, 2.05) is 31.3 Å². The Morgan fingerprint density at radius 2 is 2.27 bits per heavy atom. The van der Waals surface area contributed by atoms with E-state index < -0.39 is 0 Å². The van der Waals surface area contributed by atoms with Crippen molar-refractivity contribution in [3.63, 3.8) is 0 Å². The van der Waals surface area contributed by atoms with Crippen LogP contribution in [0, 0.1) is 0 Å². The largest absolute Gasteiger partial charge is 0.378 e. The molecule has 2 rings (SSSR count). The summed E-state index contributed by atoms with van der Waals surface area (Å²) in [6.45, 7) is 4.81. The molecule has 1 saturated heterocycles. The van der Waals surface area contributed by atoms with Gasteiger partial charge in [-0.25, -0.2) is 0 Å². The van der Waals surface area contributed by atoms with Gasteiger partial charge >= 0.3 is 0 Å². The maximum Gasteiger partial charge on any atom is 0.226 e. The molecule has 1 fully saturated rings. The molecule has 0 saturated carbocycles. The third-order valence-electron chi connectivity index (χ3n) is 3.86. The van der Waals surface area contributed by atoms with E-state index in [0.717, 1.165) is 37.4 Å². The summed E-state index contributed by atoms with van der Waals surface area (Å²) >= 11 is 0. The Bertz CT molecular complexity index is 473. The lowest BCUT2D eigenvalue weighted by atomic mass is 10.2. The Balaban J connectivity index is 1.74. The number of amides is 1. The van der Waals surface area contributed by atoms with Crippen molar-refractivity contribution in [3.05, 3.63) is 24.3 Å². The number of ether oxygens (including phenoxy) is 2. The SMILES string of the molecule is CCN(C)c1ccccc1NC(=O)CCOC[C@@H]1CCCO1.